The Bertz CT molecular complexity index is 172. The zero-order chi connectivity index (χ0) is 8.85. The van der Waals surface area contributed by atoms with Gasteiger partial charge in [0, 0.05) is 6.61 Å². The normalized spacial score (nSPS) is 12.2. The van der Waals surface area contributed by atoms with Gasteiger partial charge in [0.2, 0.25) is 0 Å². The van der Waals surface area contributed by atoms with Crippen LogP contribution in [0.1, 0.15) is 13.8 Å². The topological polar surface area (TPSA) is 43.4 Å². The monoisotopic (exact) mass is 156 g/mol. The molecule has 0 rings (SSSR count). The van der Waals surface area contributed by atoms with E-state index in [0.29, 0.717) is 6.61 Å². The van der Waals surface area contributed by atoms with E-state index >= 15 is 0 Å². The van der Waals surface area contributed by atoms with Crippen molar-refractivity contribution in [3.05, 3.63) is 12.7 Å². The zero-order valence-electron chi connectivity index (χ0n) is 6.79. The fourth-order valence-electron chi connectivity index (χ4n) is 0.674. The summed E-state index contributed by atoms with van der Waals surface area (Å²) in [6, 6.07) is 0. The second kappa shape index (κ2) is 4.79. The van der Waals surface area contributed by atoms with Crippen LogP contribution < -0.4 is 0 Å². The largest absolute Gasteiger partial charge is 0.362 e. The first kappa shape index (κ1) is 10.0. The second-order valence-corrected chi connectivity index (χ2v) is 2.05. The van der Waals surface area contributed by atoms with Gasteiger partial charge in [0.25, 0.3) is 0 Å². The van der Waals surface area contributed by atoms with Crippen molar-refractivity contribution < 1.29 is 14.3 Å². The molecule has 0 bridgehead atoms. The van der Waals surface area contributed by atoms with Crippen molar-refractivity contribution >= 4 is 11.6 Å². The van der Waals surface area contributed by atoms with Gasteiger partial charge in [-0.25, -0.2) is 0 Å². The van der Waals surface area contributed by atoms with Gasteiger partial charge in [-0.1, -0.05) is 6.58 Å². The molecule has 0 amide bonds. The lowest BCUT2D eigenvalue weighted by molar-refractivity contribution is -0.138. The number of carbonyl (C=O) groups excluding carboxylic acids is 2. The third-order valence-electron chi connectivity index (χ3n) is 1.16. The lowest BCUT2D eigenvalue weighted by Crippen LogP contribution is -2.29. The van der Waals surface area contributed by atoms with E-state index in [0.717, 1.165) is 6.08 Å². The molecular weight excluding hydrogens is 144 g/mol. The molecule has 1 atom stereocenters. The first-order valence-electron chi connectivity index (χ1n) is 3.41. The van der Waals surface area contributed by atoms with Gasteiger partial charge in [-0.3, -0.25) is 9.59 Å². The standard InChI is InChI=1S/C8H12O3/c1-4-7(10)8(6(3)9)11-5-2/h4,8H,1,5H2,2-3H3. The summed E-state index contributed by atoms with van der Waals surface area (Å²) < 4.78 is 4.89. The summed E-state index contributed by atoms with van der Waals surface area (Å²) in [7, 11) is 0. The Balaban J connectivity index is 4.20. The molecule has 62 valence electrons. The van der Waals surface area contributed by atoms with Gasteiger partial charge in [0.1, 0.15) is 0 Å². The van der Waals surface area contributed by atoms with Crippen LogP contribution in [0.3, 0.4) is 0 Å². The van der Waals surface area contributed by atoms with Crippen molar-refractivity contribution in [3.63, 3.8) is 0 Å². The van der Waals surface area contributed by atoms with Crippen LogP contribution in [-0.2, 0) is 14.3 Å². The van der Waals surface area contributed by atoms with E-state index < -0.39 is 6.10 Å². The predicted octanol–water partition coefficient (Wildman–Crippen LogP) is 0.736. The third kappa shape index (κ3) is 3.09. The molecule has 0 N–H and O–H groups in total. The van der Waals surface area contributed by atoms with E-state index in [1.807, 2.05) is 0 Å². The SMILES string of the molecule is C=CC(=O)C(OCC)C(C)=O. The van der Waals surface area contributed by atoms with Crippen molar-refractivity contribution in [2.75, 3.05) is 6.61 Å². The molecule has 0 aromatic carbocycles. The van der Waals surface area contributed by atoms with Crippen LogP contribution in [-0.4, -0.2) is 24.3 Å². The highest BCUT2D eigenvalue weighted by Crippen LogP contribution is 1.96. The molecule has 0 heterocycles. The van der Waals surface area contributed by atoms with Crippen molar-refractivity contribution in [2.24, 2.45) is 0 Å². The Labute approximate surface area is 66.0 Å². The van der Waals surface area contributed by atoms with Gasteiger partial charge in [-0.05, 0) is 19.9 Å². The highest BCUT2D eigenvalue weighted by atomic mass is 16.5. The average molecular weight is 156 g/mol. The van der Waals surface area contributed by atoms with Crippen molar-refractivity contribution in [1.29, 1.82) is 0 Å². The maximum atomic E-state index is 10.9. The van der Waals surface area contributed by atoms with E-state index in [-0.39, 0.29) is 11.6 Å². The Kier molecular flexibility index (Phi) is 4.38. The maximum Gasteiger partial charge on any atom is 0.191 e. The van der Waals surface area contributed by atoms with Crippen molar-refractivity contribution in [3.8, 4) is 0 Å². The molecule has 0 saturated carbocycles. The number of ether oxygens (including phenoxy) is 1. The maximum absolute atomic E-state index is 10.9. The molecule has 0 saturated heterocycles. The second-order valence-electron chi connectivity index (χ2n) is 2.05. The first-order chi connectivity index (χ1) is 5.13. The van der Waals surface area contributed by atoms with Crippen LogP contribution in [0, 0.1) is 0 Å². The summed E-state index contributed by atoms with van der Waals surface area (Å²) in [4.78, 5) is 21.6. The Hall–Kier alpha value is -0.960. The average Bonchev–Trinajstić information content (AvgIpc) is 1.98. The molecule has 0 aliphatic heterocycles. The van der Waals surface area contributed by atoms with Crippen LogP contribution in [0.4, 0.5) is 0 Å². The van der Waals surface area contributed by atoms with Gasteiger partial charge in [0.05, 0.1) is 0 Å². The molecule has 0 aromatic rings. The smallest absolute Gasteiger partial charge is 0.191 e. The molecule has 0 spiro atoms. The molecule has 0 radical (unpaired) electrons. The van der Waals surface area contributed by atoms with E-state index in [1.54, 1.807) is 6.92 Å². The van der Waals surface area contributed by atoms with Crippen LogP contribution in [0.15, 0.2) is 12.7 Å². The molecule has 0 aliphatic rings. The number of carbonyl (C=O) groups is 2. The highest BCUT2D eigenvalue weighted by Gasteiger charge is 2.19. The molecule has 3 heteroatoms. The van der Waals surface area contributed by atoms with E-state index in [1.165, 1.54) is 6.92 Å². The summed E-state index contributed by atoms with van der Waals surface area (Å²) in [6.07, 6.45) is 0.152. The lowest BCUT2D eigenvalue weighted by atomic mass is 10.1. The van der Waals surface area contributed by atoms with Crippen molar-refractivity contribution in [2.45, 2.75) is 20.0 Å². The minimum Gasteiger partial charge on any atom is -0.362 e. The molecule has 1 unspecified atom stereocenters. The lowest BCUT2D eigenvalue weighted by Gasteiger charge is -2.08. The highest BCUT2D eigenvalue weighted by molar-refractivity contribution is 6.09. The molecule has 0 fully saturated rings. The Morgan fingerprint density at radius 2 is 2.18 bits per heavy atom. The van der Waals surface area contributed by atoms with Crippen molar-refractivity contribution in [1.82, 2.24) is 0 Å². The van der Waals surface area contributed by atoms with Crippen LogP contribution in [0.25, 0.3) is 0 Å². The number of rotatable bonds is 5. The predicted molar refractivity (Wildman–Crippen MR) is 41.3 cm³/mol. The summed E-state index contributed by atoms with van der Waals surface area (Å²) in [5, 5.41) is 0. The molecule has 11 heavy (non-hydrogen) atoms. The number of Topliss-reactive ketones (excluding diaryl/α,β-unsaturated/α-hetero) is 1. The fraction of sp³-hybridized carbons (Fsp3) is 0.500. The molecular formula is C8H12O3. The van der Waals surface area contributed by atoms with Gasteiger partial charge < -0.3 is 4.74 Å². The number of ketones is 2. The minimum absolute atomic E-state index is 0.281. The van der Waals surface area contributed by atoms with Crippen LogP contribution in [0.2, 0.25) is 0 Å². The van der Waals surface area contributed by atoms with E-state index in [2.05, 4.69) is 6.58 Å². The van der Waals surface area contributed by atoms with Gasteiger partial charge in [0.15, 0.2) is 17.7 Å². The van der Waals surface area contributed by atoms with E-state index in [9.17, 15) is 9.59 Å². The first-order valence-corrected chi connectivity index (χ1v) is 3.41. The summed E-state index contributed by atoms with van der Waals surface area (Å²) >= 11 is 0. The quantitative estimate of drug-likeness (QED) is 0.435. The summed E-state index contributed by atoms with van der Waals surface area (Å²) in [5.41, 5.74) is 0. The van der Waals surface area contributed by atoms with Crippen LogP contribution >= 0.6 is 0 Å². The minimum atomic E-state index is -0.947. The Morgan fingerprint density at radius 3 is 2.45 bits per heavy atom. The molecule has 0 aliphatic carbocycles. The van der Waals surface area contributed by atoms with Gasteiger partial charge in [-0.15, -0.1) is 0 Å². The molecule has 3 nitrogen and oxygen atoms in total. The number of hydrogen-bond acceptors (Lipinski definition) is 3. The number of hydrogen-bond donors (Lipinski definition) is 0. The molecule has 0 aromatic heterocycles. The Morgan fingerprint density at radius 1 is 1.64 bits per heavy atom. The van der Waals surface area contributed by atoms with E-state index in [4.69, 9.17) is 4.74 Å². The third-order valence-corrected chi connectivity index (χ3v) is 1.16. The summed E-state index contributed by atoms with van der Waals surface area (Å²) in [6.45, 7) is 6.67. The summed E-state index contributed by atoms with van der Waals surface area (Å²) in [5.74, 6) is -0.656. The van der Waals surface area contributed by atoms with Crippen LogP contribution in [0.5, 0.6) is 0 Å². The fourth-order valence-corrected chi connectivity index (χ4v) is 0.674. The van der Waals surface area contributed by atoms with Gasteiger partial charge >= 0.3 is 0 Å². The van der Waals surface area contributed by atoms with Gasteiger partial charge in [-0.2, -0.15) is 0 Å². The zero-order valence-corrected chi connectivity index (χ0v) is 6.79.